The molecule has 1 aliphatic rings. The molecule has 0 atom stereocenters. The largest absolute Gasteiger partial charge is 0.395 e. The fraction of sp³-hybridized carbons (Fsp3) is 1.00. The smallest absolute Gasteiger partial charge is 0.336 e. The Kier molecular flexibility index (Phi) is 7.35. The fourth-order valence-electron chi connectivity index (χ4n) is 2.61. The Morgan fingerprint density at radius 2 is 1.65 bits per heavy atom. The molecule has 0 radical (unpaired) electrons. The molecule has 102 valence electrons. The summed E-state index contributed by atoms with van der Waals surface area (Å²) in [5, 5.41) is 3.67. The van der Waals surface area contributed by atoms with Crippen LogP contribution in [0, 0.1) is 0 Å². The molecule has 0 unspecified atom stereocenters. The van der Waals surface area contributed by atoms with Gasteiger partial charge < -0.3 is 14.2 Å². The van der Waals surface area contributed by atoms with Crippen molar-refractivity contribution in [1.29, 1.82) is 0 Å². The van der Waals surface area contributed by atoms with Gasteiger partial charge in [-0.1, -0.05) is 19.3 Å². The Labute approximate surface area is 108 Å². The van der Waals surface area contributed by atoms with Crippen LogP contribution < -0.4 is 5.32 Å². The third-order valence-corrected chi connectivity index (χ3v) is 6.47. The minimum atomic E-state index is -1.90. The third-order valence-electron chi connectivity index (χ3n) is 3.52. The highest BCUT2D eigenvalue weighted by molar-refractivity contribution is 6.66. The van der Waals surface area contributed by atoms with Crippen molar-refractivity contribution in [2.75, 3.05) is 19.8 Å². The van der Waals surface area contributed by atoms with Crippen LogP contribution in [0.15, 0.2) is 0 Å². The lowest BCUT2D eigenvalue weighted by molar-refractivity contribution is 0.188. The SMILES string of the molecule is CCO[Si](C)(CCNC1CCCCC1)OCC. The molecule has 1 fully saturated rings. The highest BCUT2D eigenvalue weighted by Gasteiger charge is 2.30. The highest BCUT2D eigenvalue weighted by atomic mass is 28.4. The molecule has 1 N–H and O–H groups in total. The molecule has 0 aromatic heterocycles. The normalized spacial score (nSPS) is 18.5. The van der Waals surface area contributed by atoms with Crippen LogP contribution in [0.2, 0.25) is 12.6 Å². The first-order valence-corrected chi connectivity index (χ1v) is 9.74. The molecule has 0 heterocycles. The summed E-state index contributed by atoms with van der Waals surface area (Å²) in [6, 6.07) is 1.80. The molecule has 3 nitrogen and oxygen atoms in total. The van der Waals surface area contributed by atoms with Crippen molar-refractivity contribution < 1.29 is 8.85 Å². The van der Waals surface area contributed by atoms with E-state index in [1.807, 2.05) is 0 Å². The summed E-state index contributed by atoms with van der Waals surface area (Å²) in [6.45, 7) is 8.88. The van der Waals surface area contributed by atoms with Crippen molar-refractivity contribution in [3.05, 3.63) is 0 Å². The maximum atomic E-state index is 5.84. The topological polar surface area (TPSA) is 30.5 Å². The molecule has 17 heavy (non-hydrogen) atoms. The van der Waals surface area contributed by atoms with Gasteiger partial charge in [-0.05, 0) is 39.8 Å². The minimum absolute atomic E-state index is 0.741. The molecule has 0 bridgehead atoms. The predicted molar refractivity (Wildman–Crippen MR) is 74.6 cm³/mol. The molecule has 1 aliphatic carbocycles. The predicted octanol–water partition coefficient (Wildman–Crippen LogP) is 3.05. The van der Waals surface area contributed by atoms with Crippen LogP contribution in [0.3, 0.4) is 0 Å². The lowest BCUT2D eigenvalue weighted by Crippen LogP contribution is -2.43. The van der Waals surface area contributed by atoms with Gasteiger partial charge in [-0.25, -0.2) is 0 Å². The van der Waals surface area contributed by atoms with Crippen molar-refractivity contribution in [1.82, 2.24) is 5.32 Å². The van der Waals surface area contributed by atoms with Crippen LogP contribution in [0.1, 0.15) is 46.0 Å². The van der Waals surface area contributed by atoms with Crippen LogP contribution in [-0.4, -0.2) is 34.4 Å². The van der Waals surface area contributed by atoms with Crippen molar-refractivity contribution in [3.63, 3.8) is 0 Å². The van der Waals surface area contributed by atoms with Gasteiger partial charge in [0.05, 0.1) is 0 Å². The number of hydrogen-bond acceptors (Lipinski definition) is 3. The first-order valence-electron chi connectivity index (χ1n) is 7.21. The zero-order valence-corrected chi connectivity index (χ0v) is 12.8. The van der Waals surface area contributed by atoms with Gasteiger partial charge in [0.15, 0.2) is 0 Å². The number of hydrogen-bond donors (Lipinski definition) is 1. The van der Waals surface area contributed by atoms with Gasteiger partial charge in [-0.3, -0.25) is 0 Å². The Hall–Kier alpha value is 0.0969. The van der Waals surface area contributed by atoms with E-state index in [0.717, 1.165) is 31.8 Å². The molecular weight excluding hydrogens is 230 g/mol. The monoisotopic (exact) mass is 259 g/mol. The lowest BCUT2D eigenvalue weighted by Gasteiger charge is -2.28. The molecule has 0 spiro atoms. The summed E-state index contributed by atoms with van der Waals surface area (Å²) in [7, 11) is -1.90. The Morgan fingerprint density at radius 3 is 2.18 bits per heavy atom. The summed E-state index contributed by atoms with van der Waals surface area (Å²) in [4.78, 5) is 0. The zero-order valence-electron chi connectivity index (χ0n) is 11.8. The van der Waals surface area contributed by atoms with Crippen molar-refractivity contribution in [3.8, 4) is 0 Å². The average Bonchev–Trinajstić information content (AvgIpc) is 2.31. The Balaban J connectivity index is 2.21. The second-order valence-electron chi connectivity index (χ2n) is 5.04. The van der Waals surface area contributed by atoms with Crippen LogP contribution in [-0.2, 0) is 8.85 Å². The standard InChI is InChI=1S/C13H29NO2Si/c1-4-15-17(3,16-5-2)12-11-14-13-9-7-6-8-10-13/h13-14H,4-12H2,1-3H3. The van der Waals surface area contributed by atoms with Gasteiger partial charge in [0.25, 0.3) is 0 Å². The quantitative estimate of drug-likeness (QED) is 0.680. The minimum Gasteiger partial charge on any atom is -0.395 e. The van der Waals surface area contributed by atoms with E-state index in [0.29, 0.717) is 0 Å². The molecule has 4 heteroatoms. The summed E-state index contributed by atoms with van der Waals surface area (Å²) in [5.41, 5.74) is 0. The molecule has 1 saturated carbocycles. The van der Waals surface area contributed by atoms with E-state index in [1.54, 1.807) is 0 Å². The average molecular weight is 259 g/mol. The molecule has 0 aromatic carbocycles. The Morgan fingerprint density at radius 1 is 1.06 bits per heavy atom. The van der Waals surface area contributed by atoms with Gasteiger partial charge in [-0.15, -0.1) is 0 Å². The first kappa shape index (κ1) is 15.2. The Bertz CT molecular complexity index is 190. The van der Waals surface area contributed by atoms with Gasteiger partial charge >= 0.3 is 8.56 Å². The second-order valence-corrected chi connectivity index (χ2v) is 8.38. The number of nitrogens with one attached hydrogen (secondary N) is 1. The van der Waals surface area contributed by atoms with E-state index in [1.165, 1.54) is 32.1 Å². The van der Waals surface area contributed by atoms with Crippen molar-refractivity contribution in [2.24, 2.45) is 0 Å². The molecule has 0 saturated heterocycles. The van der Waals surface area contributed by atoms with Crippen molar-refractivity contribution in [2.45, 2.75) is 64.6 Å². The van der Waals surface area contributed by atoms with E-state index < -0.39 is 8.56 Å². The molecule has 0 amide bonds. The van der Waals surface area contributed by atoms with E-state index >= 15 is 0 Å². The molecule has 1 rings (SSSR count). The van der Waals surface area contributed by atoms with Gasteiger partial charge in [0, 0.05) is 25.3 Å². The van der Waals surface area contributed by atoms with Crippen LogP contribution >= 0.6 is 0 Å². The first-order chi connectivity index (χ1) is 8.20. The van der Waals surface area contributed by atoms with Crippen molar-refractivity contribution >= 4 is 8.56 Å². The molecular formula is C13H29NO2Si. The second kappa shape index (κ2) is 8.24. The van der Waals surface area contributed by atoms with Gasteiger partial charge in [-0.2, -0.15) is 0 Å². The fourth-order valence-corrected chi connectivity index (χ4v) is 4.80. The van der Waals surface area contributed by atoms with E-state index in [9.17, 15) is 0 Å². The summed E-state index contributed by atoms with van der Waals surface area (Å²) in [6.07, 6.45) is 6.90. The maximum absolute atomic E-state index is 5.84. The van der Waals surface area contributed by atoms with Crippen LogP contribution in [0.4, 0.5) is 0 Å². The van der Waals surface area contributed by atoms with E-state index in [4.69, 9.17) is 8.85 Å². The van der Waals surface area contributed by atoms with Crippen LogP contribution in [0.25, 0.3) is 0 Å². The number of rotatable bonds is 8. The lowest BCUT2D eigenvalue weighted by atomic mass is 9.96. The zero-order chi connectivity index (χ0) is 12.6. The summed E-state index contributed by atoms with van der Waals surface area (Å²) < 4.78 is 11.7. The summed E-state index contributed by atoms with van der Waals surface area (Å²) >= 11 is 0. The van der Waals surface area contributed by atoms with E-state index in [-0.39, 0.29) is 0 Å². The highest BCUT2D eigenvalue weighted by Crippen LogP contribution is 2.18. The van der Waals surface area contributed by atoms with E-state index in [2.05, 4.69) is 25.7 Å². The third kappa shape index (κ3) is 6.00. The van der Waals surface area contributed by atoms with Crippen LogP contribution in [0.5, 0.6) is 0 Å². The van der Waals surface area contributed by atoms with Gasteiger partial charge in [0.2, 0.25) is 0 Å². The van der Waals surface area contributed by atoms with Gasteiger partial charge in [0.1, 0.15) is 0 Å². The maximum Gasteiger partial charge on any atom is 0.336 e. The molecule has 0 aromatic rings. The summed E-state index contributed by atoms with van der Waals surface area (Å²) in [5.74, 6) is 0. The molecule has 0 aliphatic heterocycles.